The SMILES string of the molecule is O=C(CC(=O)OCc1cccc(OCc2ccccc2Cl)c1OCc1ccccc1Cl)OCc1cccc(OCc2ccccc2Cl)c1OCc1ccccc1Cl. The van der Waals surface area contributed by atoms with Crippen LogP contribution in [-0.2, 0) is 58.7 Å². The molecule has 0 amide bonds. The summed E-state index contributed by atoms with van der Waals surface area (Å²) in [6, 6.07) is 39.7. The monoisotopic (exact) mass is 844 g/mol. The van der Waals surface area contributed by atoms with E-state index in [1.54, 1.807) is 60.7 Å². The van der Waals surface area contributed by atoms with Crippen LogP contribution in [-0.4, -0.2) is 11.9 Å². The normalized spacial score (nSPS) is 10.7. The molecule has 0 saturated heterocycles. The number of carbonyl (C=O) groups excluding carboxylic acids is 2. The lowest BCUT2D eigenvalue weighted by Gasteiger charge is -2.18. The van der Waals surface area contributed by atoms with Crippen molar-refractivity contribution in [2.75, 3.05) is 0 Å². The Labute approximate surface area is 350 Å². The Morgan fingerprint density at radius 2 is 0.649 bits per heavy atom. The highest BCUT2D eigenvalue weighted by atomic mass is 35.5. The van der Waals surface area contributed by atoms with Gasteiger partial charge >= 0.3 is 11.9 Å². The molecule has 292 valence electrons. The molecule has 0 N–H and O–H groups in total. The summed E-state index contributed by atoms with van der Waals surface area (Å²) in [5.74, 6) is -0.0966. The molecule has 8 nitrogen and oxygen atoms in total. The molecule has 0 saturated carbocycles. The first-order chi connectivity index (χ1) is 27.7. The number of hydrogen-bond acceptors (Lipinski definition) is 8. The molecular formula is C45H36Cl4O8. The van der Waals surface area contributed by atoms with Crippen molar-refractivity contribution in [1.29, 1.82) is 0 Å². The van der Waals surface area contributed by atoms with E-state index in [0.717, 1.165) is 22.3 Å². The van der Waals surface area contributed by atoms with Crippen molar-refractivity contribution in [3.8, 4) is 23.0 Å². The van der Waals surface area contributed by atoms with Gasteiger partial charge in [-0.05, 0) is 36.4 Å². The van der Waals surface area contributed by atoms with Crippen LogP contribution < -0.4 is 18.9 Å². The first kappa shape index (κ1) is 41.3. The fraction of sp³-hybridized carbons (Fsp3) is 0.156. The number of ether oxygens (including phenoxy) is 6. The fourth-order valence-corrected chi connectivity index (χ4v) is 6.28. The third-order valence-electron chi connectivity index (χ3n) is 8.53. The molecule has 0 heterocycles. The van der Waals surface area contributed by atoms with E-state index < -0.39 is 18.4 Å². The Kier molecular flexibility index (Phi) is 15.0. The lowest BCUT2D eigenvalue weighted by atomic mass is 10.2. The van der Waals surface area contributed by atoms with Gasteiger partial charge in [-0.3, -0.25) is 9.59 Å². The first-order valence-corrected chi connectivity index (χ1v) is 19.3. The summed E-state index contributed by atoms with van der Waals surface area (Å²) in [5.41, 5.74) is 4.08. The quantitative estimate of drug-likeness (QED) is 0.0624. The van der Waals surface area contributed by atoms with Crippen molar-refractivity contribution in [2.24, 2.45) is 0 Å². The minimum absolute atomic E-state index is 0.121. The Hall–Kier alpha value is -5.38. The smallest absolute Gasteiger partial charge is 0.317 e. The number of benzene rings is 6. The Morgan fingerprint density at radius 1 is 0.351 bits per heavy atom. The standard InChI is InChI=1S/C45H36Cl4O8/c46-36-17-5-1-11-30(36)24-52-40-21-9-15-34(44(40)56-26-32-13-3-7-19-38(32)48)28-54-42(50)23-43(51)55-29-35-16-10-22-41(53-25-31-12-2-6-18-37(31)47)45(35)57-27-33-14-4-8-20-39(33)49/h1-22H,23-29H2. The van der Waals surface area contributed by atoms with Gasteiger partial charge in [0.1, 0.15) is 46.1 Å². The topological polar surface area (TPSA) is 89.5 Å². The molecule has 0 bridgehead atoms. The van der Waals surface area contributed by atoms with Gasteiger partial charge in [0.15, 0.2) is 23.0 Å². The van der Waals surface area contributed by atoms with E-state index in [4.69, 9.17) is 74.8 Å². The zero-order valence-electron chi connectivity index (χ0n) is 30.4. The highest BCUT2D eigenvalue weighted by Gasteiger charge is 2.20. The number of esters is 2. The second-order valence-corrected chi connectivity index (χ2v) is 14.1. The van der Waals surface area contributed by atoms with Crippen molar-refractivity contribution >= 4 is 58.3 Å². The number of halogens is 4. The van der Waals surface area contributed by atoms with Gasteiger partial charge in [-0.15, -0.1) is 0 Å². The third-order valence-corrected chi connectivity index (χ3v) is 10.0. The summed E-state index contributed by atoms with van der Waals surface area (Å²) < 4.78 is 35.8. The predicted molar refractivity (Wildman–Crippen MR) is 220 cm³/mol. The summed E-state index contributed by atoms with van der Waals surface area (Å²) in [7, 11) is 0. The van der Waals surface area contributed by atoms with Crippen LogP contribution in [0.15, 0.2) is 133 Å². The Bertz CT molecular complexity index is 2150. The van der Waals surface area contributed by atoms with Crippen molar-refractivity contribution in [3.63, 3.8) is 0 Å². The maximum atomic E-state index is 13.0. The molecule has 57 heavy (non-hydrogen) atoms. The molecule has 0 aliphatic heterocycles. The maximum Gasteiger partial charge on any atom is 0.317 e. The number of rotatable bonds is 18. The van der Waals surface area contributed by atoms with Gasteiger partial charge in [-0.1, -0.05) is 143 Å². The molecule has 0 spiro atoms. The van der Waals surface area contributed by atoms with Gasteiger partial charge in [-0.25, -0.2) is 0 Å². The maximum absolute atomic E-state index is 13.0. The van der Waals surface area contributed by atoms with E-state index in [9.17, 15) is 9.59 Å². The highest BCUT2D eigenvalue weighted by Crippen LogP contribution is 2.36. The Morgan fingerprint density at radius 3 is 0.982 bits per heavy atom. The van der Waals surface area contributed by atoms with Gasteiger partial charge in [0.2, 0.25) is 0 Å². The highest BCUT2D eigenvalue weighted by molar-refractivity contribution is 6.32. The van der Waals surface area contributed by atoms with Gasteiger partial charge in [0.25, 0.3) is 0 Å². The molecule has 6 aromatic carbocycles. The molecule has 0 aromatic heterocycles. The van der Waals surface area contributed by atoms with E-state index >= 15 is 0 Å². The number of carbonyl (C=O) groups is 2. The van der Waals surface area contributed by atoms with Crippen molar-refractivity contribution in [3.05, 3.63) is 187 Å². The summed E-state index contributed by atoms with van der Waals surface area (Å²) >= 11 is 25.5. The molecule has 0 aliphatic carbocycles. The van der Waals surface area contributed by atoms with E-state index in [1.165, 1.54) is 0 Å². The van der Waals surface area contributed by atoms with E-state index in [-0.39, 0.29) is 39.6 Å². The zero-order valence-corrected chi connectivity index (χ0v) is 33.5. The molecule has 0 unspecified atom stereocenters. The van der Waals surface area contributed by atoms with Crippen LogP contribution in [0.1, 0.15) is 39.8 Å². The van der Waals surface area contributed by atoms with E-state index in [0.29, 0.717) is 54.2 Å². The van der Waals surface area contributed by atoms with Crippen molar-refractivity contribution in [2.45, 2.75) is 46.1 Å². The number of para-hydroxylation sites is 2. The lowest BCUT2D eigenvalue weighted by Crippen LogP contribution is -2.15. The largest absolute Gasteiger partial charge is 0.485 e. The molecule has 0 aliphatic rings. The van der Waals surface area contributed by atoms with E-state index in [1.807, 2.05) is 72.8 Å². The number of hydrogen-bond donors (Lipinski definition) is 0. The Balaban J connectivity index is 1.11. The van der Waals surface area contributed by atoms with Gasteiger partial charge in [-0.2, -0.15) is 0 Å². The molecule has 0 atom stereocenters. The lowest BCUT2D eigenvalue weighted by molar-refractivity contribution is -0.156. The van der Waals surface area contributed by atoms with Crippen LogP contribution in [0.5, 0.6) is 23.0 Å². The molecule has 6 aromatic rings. The van der Waals surface area contributed by atoms with Gasteiger partial charge in [0, 0.05) is 53.5 Å². The minimum Gasteiger partial charge on any atom is -0.485 e. The second kappa shape index (κ2) is 20.7. The molecule has 12 heteroatoms. The first-order valence-electron chi connectivity index (χ1n) is 17.7. The van der Waals surface area contributed by atoms with Crippen molar-refractivity contribution in [1.82, 2.24) is 0 Å². The fourth-order valence-electron chi connectivity index (χ4n) is 5.51. The average Bonchev–Trinajstić information content (AvgIpc) is 3.21. The summed E-state index contributed by atoms with van der Waals surface area (Å²) in [6.45, 7) is 0.155. The van der Waals surface area contributed by atoms with Crippen LogP contribution in [0.3, 0.4) is 0 Å². The van der Waals surface area contributed by atoms with Crippen LogP contribution in [0.25, 0.3) is 0 Å². The van der Waals surface area contributed by atoms with Gasteiger partial charge in [0.05, 0.1) is 0 Å². The van der Waals surface area contributed by atoms with Crippen LogP contribution in [0.2, 0.25) is 20.1 Å². The molecular weight excluding hydrogens is 810 g/mol. The van der Waals surface area contributed by atoms with Crippen LogP contribution in [0.4, 0.5) is 0 Å². The summed E-state index contributed by atoms with van der Waals surface area (Å²) in [4.78, 5) is 25.9. The van der Waals surface area contributed by atoms with Crippen LogP contribution >= 0.6 is 46.4 Å². The molecule has 6 rings (SSSR count). The van der Waals surface area contributed by atoms with Crippen LogP contribution in [0, 0.1) is 0 Å². The zero-order chi connectivity index (χ0) is 40.0. The third kappa shape index (κ3) is 11.8. The minimum atomic E-state index is -0.800. The summed E-state index contributed by atoms with van der Waals surface area (Å²) in [6.07, 6.45) is -0.642. The molecule has 0 radical (unpaired) electrons. The average molecular weight is 847 g/mol. The summed E-state index contributed by atoms with van der Waals surface area (Å²) in [5, 5.41) is 2.19. The van der Waals surface area contributed by atoms with E-state index in [2.05, 4.69) is 0 Å². The predicted octanol–water partition coefficient (Wildman–Crippen LogP) is 11.8. The van der Waals surface area contributed by atoms with Gasteiger partial charge < -0.3 is 28.4 Å². The van der Waals surface area contributed by atoms with Crippen molar-refractivity contribution < 1.29 is 38.0 Å². The molecule has 0 fully saturated rings. The second-order valence-electron chi connectivity index (χ2n) is 12.5.